The highest BCUT2D eigenvalue weighted by molar-refractivity contribution is 6.32. The minimum absolute atomic E-state index is 0.0284. The molecule has 7 heteroatoms. The van der Waals surface area contributed by atoms with Crippen molar-refractivity contribution in [3.05, 3.63) is 23.2 Å². The maximum absolute atomic E-state index is 11.0. The van der Waals surface area contributed by atoms with Crippen LogP contribution in [0.15, 0.2) is 12.4 Å². The molecular weight excluding hydrogens is 222 g/mol. The molecule has 0 bridgehead atoms. The van der Waals surface area contributed by atoms with Gasteiger partial charge < -0.3 is 10.1 Å². The molecule has 0 saturated carbocycles. The van der Waals surface area contributed by atoms with Gasteiger partial charge in [0.1, 0.15) is 0 Å². The lowest BCUT2D eigenvalue weighted by atomic mass is 10.4. The first-order valence-corrected chi connectivity index (χ1v) is 4.34. The first-order valence-electron chi connectivity index (χ1n) is 3.96. The molecule has 0 radical (unpaired) electrons. The Balaban J connectivity index is 2.54. The van der Waals surface area contributed by atoms with Crippen LogP contribution in [0.2, 0.25) is 5.15 Å². The first-order chi connectivity index (χ1) is 7.15. The summed E-state index contributed by atoms with van der Waals surface area (Å²) in [6, 6.07) is 0. The van der Waals surface area contributed by atoms with Crippen LogP contribution in [0.1, 0.15) is 5.69 Å². The Hall–Kier alpha value is -1.69. The molecule has 80 valence electrons. The second kappa shape index (κ2) is 5.26. The number of hydrogen-bond donors (Lipinski definition) is 1. The third-order valence-corrected chi connectivity index (χ3v) is 1.83. The van der Waals surface area contributed by atoms with E-state index < -0.39 is 11.9 Å². The lowest BCUT2D eigenvalue weighted by Gasteiger charge is -2.03. The summed E-state index contributed by atoms with van der Waals surface area (Å²) in [6.45, 7) is 0.0284. The molecule has 0 spiro atoms. The minimum atomic E-state index is -0.963. The van der Waals surface area contributed by atoms with Crippen molar-refractivity contribution in [2.75, 3.05) is 7.11 Å². The van der Waals surface area contributed by atoms with E-state index in [9.17, 15) is 9.59 Å². The zero-order chi connectivity index (χ0) is 11.3. The minimum Gasteiger partial charge on any atom is -0.462 e. The van der Waals surface area contributed by atoms with E-state index in [0.717, 1.165) is 7.11 Å². The average Bonchev–Trinajstić information content (AvgIpc) is 2.26. The summed E-state index contributed by atoms with van der Waals surface area (Å²) in [4.78, 5) is 29.3. The maximum atomic E-state index is 11.0. The smallest absolute Gasteiger partial charge is 0.396 e. The summed E-state index contributed by atoms with van der Waals surface area (Å²) in [5.41, 5.74) is 0.386. The van der Waals surface area contributed by atoms with Crippen LogP contribution in [0.3, 0.4) is 0 Å². The molecule has 1 heterocycles. The third-order valence-electron chi connectivity index (χ3n) is 1.51. The summed E-state index contributed by atoms with van der Waals surface area (Å²) in [5.74, 6) is -1.81. The average molecular weight is 230 g/mol. The van der Waals surface area contributed by atoms with Crippen molar-refractivity contribution in [3.8, 4) is 0 Å². The number of rotatable bonds is 2. The fourth-order valence-corrected chi connectivity index (χ4v) is 0.969. The highest BCUT2D eigenvalue weighted by Gasteiger charge is 2.13. The number of nitrogens with zero attached hydrogens (tertiary/aromatic N) is 2. The Morgan fingerprint density at radius 2 is 2.13 bits per heavy atom. The van der Waals surface area contributed by atoms with Crippen molar-refractivity contribution < 1.29 is 14.3 Å². The lowest BCUT2D eigenvalue weighted by Crippen LogP contribution is -2.31. The molecule has 1 aromatic rings. The molecule has 0 unspecified atom stereocenters. The normalized spacial score (nSPS) is 9.47. The topological polar surface area (TPSA) is 81.2 Å². The molecule has 1 amide bonds. The van der Waals surface area contributed by atoms with Gasteiger partial charge in [0.2, 0.25) is 0 Å². The zero-order valence-electron chi connectivity index (χ0n) is 7.86. The molecule has 0 aromatic carbocycles. The molecule has 15 heavy (non-hydrogen) atoms. The van der Waals surface area contributed by atoms with Crippen LogP contribution >= 0.6 is 11.6 Å². The van der Waals surface area contributed by atoms with Gasteiger partial charge in [-0.15, -0.1) is 0 Å². The van der Waals surface area contributed by atoms with Crippen molar-refractivity contribution in [3.63, 3.8) is 0 Å². The van der Waals surface area contributed by atoms with Crippen molar-refractivity contribution in [1.82, 2.24) is 15.3 Å². The largest absolute Gasteiger partial charge is 0.462 e. The van der Waals surface area contributed by atoms with Gasteiger partial charge >= 0.3 is 11.9 Å². The number of carbonyl (C=O) groups excluding carboxylic acids is 2. The van der Waals surface area contributed by atoms with E-state index in [1.165, 1.54) is 12.4 Å². The molecule has 1 rings (SSSR count). The molecule has 0 saturated heterocycles. The summed E-state index contributed by atoms with van der Waals surface area (Å²) in [6.07, 6.45) is 2.86. The number of amides is 1. The van der Waals surface area contributed by atoms with Gasteiger partial charge in [-0.25, -0.2) is 9.78 Å². The molecular formula is C8H8ClN3O3. The lowest BCUT2D eigenvalue weighted by molar-refractivity contribution is -0.152. The Bertz CT molecular complexity index is 383. The molecule has 6 nitrogen and oxygen atoms in total. The van der Waals surface area contributed by atoms with Crippen LogP contribution in [0.5, 0.6) is 0 Å². The number of hydrogen-bond acceptors (Lipinski definition) is 5. The Morgan fingerprint density at radius 1 is 1.47 bits per heavy atom. The van der Waals surface area contributed by atoms with Crippen LogP contribution in [0.25, 0.3) is 0 Å². The monoisotopic (exact) mass is 229 g/mol. The summed E-state index contributed by atoms with van der Waals surface area (Å²) < 4.78 is 4.21. The molecule has 0 aliphatic heterocycles. The standard InChI is InChI=1S/C8H8ClN3O3/c1-15-8(14)7(13)12-4-5-6(9)11-3-2-10-5/h2-3H,4H2,1H3,(H,12,13). The van der Waals surface area contributed by atoms with E-state index in [1.54, 1.807) is 0 Å². The van der Waals surface area contributed by atoms with Crippen molar-refractivity contribution >= 4 is 23.5 Å². The van der Waals surface area contributed by atoms with Gasteiger partial charge in [0.25, 0.3) is 0 Å². The van der Waals surface area contributed by atoms with E-state index in [2.05, 4.69) is 20.0 Å². The van der Waals surface area contributed by atoms with Crippen LogP contribution in [0, 0.1) is 0 Å². The van der Waals surface area contributed by atoms with Gasteiger partial charge in [-0.2, -0.15) is 0 Å². The van der Waals surface area contributed by atoms with Crippen LogP contribution in [0.4, 0.5) is 0 Å². The highest BCUT2D eigenvalue weighted by Crippen LogP contribution is 2.07. The van der Waals surface area contributed by atoms with Gasteiger partial charge in [0.15, 0.2) is 5.15 Å². The van der Waals surface area contributed by atoms with E-state index >= 15 is 0 Å². The van der Waals surface area contributed by atoms with Crippen LogP contribution in [-0.2, 0) is 20.9 Å². The predicted octanol–water partition coefficient (Wildman–Crippen LogP) is -0.0808. The molecule has 1 aromatic heterocycles. The van der Waals surface area contributed by atoms with Crippen LogP contribution < -0.4 is 5.32 Å². The Kier molecular flexibility index (Phi) is 3.99. The Morgan fingerprint density at radius 3 is 2.73 bits per heavy atom. The maximum Gasteiger partial charge on any atom is 0.396 e. The van der Waals surface area contributed by atoms with Gasteiger partial charge in [0, 0.05) is 12.4 Å². The fraction of sp³-hybridized carbons (Fsp3) is 0.250. The Labute approximate surface area is 90.6 Å². The summed E-state index contributed by atoms with van der Waals surface area (Å²) >= 11 is 5.68. The SMILES string of the molecule is COC(=O)C(=O)NCc1nccnc1Cl. The van der Waals surface area contributed by atoms with Crippen molar-refractivity contribution in [1.29, 1.82) is 0 Å². The number of nitrogens with one attached hydrogen (secondary N) is 1. The van der Waals surface area contributed by atoms with E-state index in [-0.39, 0.29) is 11.7 Å². The number of ether oxygens (including phenoxy) is 1. The predicted molar refractivity (Wildman–Crippen MR) is 50.9 cm³/mol. The molecule has 1 N–H and O–H groups in total. The first kappa shape index (κ1) is 11.4. The van der Waals surface area contributed by atoms with Crippen molar-refractivity contribution in [2.45, 2.75) is 6.54 Å². The summed E-state index contributed by atoms with van der Waals surface area (Å²) in [7, 11) is 1.12. The molecule has 0 atom stereocenters. The van der Waals surface area contributed by atoms with E-state index in [1.807, 2.05) is 0 Å². The molecule has 0 fully saturated rings. The quantitative estimate of drug-likeness (QED) is 0.567. The van der Waals surface area contributed by atoms with E-state index in [4.69, 9.17) is 11.6 Å². The zero-order valence-corrected chi connectivity index (χ0v) is 8.61. The number of methoxy groups -OCH3 is 1. The number of halogens is 1. The fourth-order valence-electron chi connectivity index (χ4n) is 0.797. The third kappa shape index (κ3) is 3.17. The number of aromatic nitrogens is 2. The van der Waals surface area contributed by atoms with Crippen LogP contribution in [-0.4, -0.2) is 29.0 Å². The van der Waals surface area contributed by atoms with E-state index in [0.29, 0.717) is 5.69 Å². The van der Waals surface area contributed by atoms with Gasteiger partial charge in [-0.3, -0.25) is 9.78 Å². The molecule has 0 aliphatic rings. The van der Waals surface area contributed by atoms with Gasteiger partial charge in [-0.1, -0.05) is 11.6 Å². The number of carbonyl (C=O) groups is 2. The van der Waals surface area contributed by atoms with Crippen molar-refractivity contribution in [2.24, 2.45) is 0 Å². The molecule has 0 aliphatic carbocycles. The summed E-state index contributed by atoms with van der Waals surface area (Å²) in [5, 5.41) is 2.47. The number of esters is 1. The van der Waals surface area contributed by atoms with Gasteiger partial charge in [0.05, 0.1) is 19.3 Å². The van der Waals surface area contributed by atoms with Gasteiger partial charge in [-0.05, 0) is 0 Å². The highest BCUT2D eigenvalue weighted by atomic mass is 35.5. The second-order valence-electron chi connectivity index (χ2n) is 2.47. The second-order valence-corrected chi connectivity index (χ2v) is 2.83.